The van der Waals surface area contributed by atoms with Crippen LogP contribution in [0.25, 0.3) is 0 Å². The molecule has 2 heterocycles. The number of nitrogens with one attached hydrogen (secondary N) is 1. The highest BCUT2D eigenvalue weighted by Crippen LogP contribution is 2.33. The van der Waals surface area contributed by atoms with Crippen LogP contribution in [0.3, 0.4) is 0 Å². The third-order valence-electron chi connectivity index (χ3n) is 9.96. The van der Waals surface area contributed by atoms with Gasteiger partial charge in [-0.3, -0.25) is 9.59 Å². The molecule has 11 nitrogen and oxygen atoms in total. The van der Waals surface area contributed by atoms with Gasteiger partial charge in [0, 0.05) is 39.3 Å². The van der Waals surface area contributed by atoms with E-state index in [2.05, 4.69) is 29.6 Å². The van der Waals surface area contributed by atoms with Crippen LogP contribution in [0.4, 0.5) is 9.59 Å². The zero-order valence-corrected chi connectivity index (χ0v) is 36.7. The quantitative estimate of drug-likeness (QED) is 0.167. The minimum atomic E-state index is -0.640. The summed E-state index contributed by atoms with van der Waals surface area (Å²) in [5.41, 5.74) is 1.78. The number of nitrogens with zero attached hydrogens (tertiary/aromatic N) is 2. The third kappa shape index (κ3) is 15.0. The zero-order valence-electron chi connectivity index (χ0n) is 36.7. The van der Waals surface area contributed by atoms with Crippen molar-refractivity contribution in [1.82, 2.24) is 15.1 Å². The molecule has 2 aliphatic heterocycles. The summed E-state index contributed by atoms with van der Waals surface area (Å²) < 4.78 is 23.1. The summed E-state index contributed by atoms with van der Waals surface area (Å²) in [6, 6.07) is 16.4. The summed E-state index contributed by atoms with van der Waals surface area (Å²) in [6.07, 6.45) is 1.67. The second kappa shape index (κ2) is 18.6. The molecule has 2 aromatic carbocycles. The van der Waals surface area contributed by atoms with Gasteiger partial charge in [0.2, 0.25) is 0 Å². The van der Waals surface area contributed by atoms with Crippen molar-refractivity contribution in [2.24, 2.45) is 23.7 Å². The Morgan fingerprint density at radius 2 is 1.02 bits per heavy atom. The Balaban J connectivity index is 1.44. The number of likely N-dealkylation sites (tertiary alicyclic amines) is 2. The fourth-order valence-electron chi connectivity index (χ4n) is 7.48. The van der Waals surface area contributed by atoms with E-state index < -0.39 is 34.2 Å². The van der Waals surface area contributed by atoms with Crippen LogP contribution in [0.1, 0.15) is 118 Å². The highest BCUT2D eigenvalue weighted by atomic mass is 16.6. The maximum atomic E-state index is 13.7. The number of ether oxygens (including phenoxy) is 4. The van der Waals surface area contributed by atoms with Crippen molar-refractivity contribution in [3.8, 4) is 0 Å². The first-order valence-corrected chi connectivity index (χ1v) is 20.6. The van der Waals surface area contributed by atoms with Crippen molar-refractivity contribution in [2.75, 3.05) is 26.2 Å². The van der Waals surface area contributed by atoms with Gasteiger partial charge in [-0.2, -0.15) is 0 Å². The van der Waals surface area contributed by atoms with Gasteiger partial charge in [0.25, 0.3) is 0 Å². The predicted octanol–water partition coefficient (Wildman–Crippen LogP) is 8.49. The third-order valence-corrected chi connectivity index (χ3v) is 9.96. The lowest BCUT2D eigenvalue weighted by atomic mass is 9.84. The second-order valence-electron chi connectivity index (χ2n) is 19.8. The number of carbonyl (C=O) groups excluding carboxylic acids is 4. The molecule has 0 aliphatic carbocycles. The van der Waals surface area contributed by atoms with Gasteiger partial charge in [0.15, 0.2) is 0 Å². The molecule has 2 aromatic rings. The van der Waals surface area contributed by atoms with Crippen LogP contribution >= 0.6 is 0 Å². The zero-order chi connectivity index (χ0) is 42.3. The normalized spacial score (nSPS) is 18.9. The van der Waals surface area contributed by atoms with Crippen molar-refractivity contribution >= 4 is 24.1 Å². The van der Waals surface area contributed by atoms with Crippen LogP contribution in [0.2, 0.25) is 0 Å². The molecule has 4 rings (SSSR count). The Morgan fingerprint density at radius 3 is 1.49 bits per heavy atom. The largest absolute Gasteiger partial charge is 0.460 e. The van der Waals surface area contributed by atoms with Crippen LogP contribution in [-0.4, -0.2) is 82.5 Å². The summed E-state index contributed by atoms with van der Waals surface area (Å²) in [4.78, 5) is 56.6. The number of hydrogen-bond donors (Lipinski definition) is 1. The van der Waals surface area contributed by atoms with Crippen LogP contribution in [0, 0.1) is 23.7 Å². The van der Waals surface area contributed by atoms with E-state index in [0.717, 1.165) is 22.3 Å². The Bertz CT molecular complexity index is 1700. The molecule has 1 N–H and O–H groups in total. The summed E-state index contributed by atoms with van der Waals surface area (Å²) in [5.74, 6) is -1.47. The van der Waals surface area contributed by atoms with Crippen molar-refractivity contribution in [1.29, 1.82) is 0 Å². The first-order valence-electron chi connectivity index (χ1n) is 20.6. The van der Waals surface area contributed by atoms with Gasteiger partial charge >= 0.3 is 24.1 Å². The lowest BCUT2D eigenvalue weighted by Gasteiger charge is -2.28. The molecule has 0 spiro atoms. The van der Waals surface area contributed by atoms with Crippen LogP contribution in [-0.2, 0) is 54.5 Å². The molecular weight excluding hydrogens is 723 g/mol. The number of carbonyl (C=O) groups is 4. The first-order chi connectivity index (χ1) is 26.4. The minimum absolute atomic E-state index is 0.0558. The Labute approximate surface area is 341 Å². The molecule has 2 amide bonds. The molecule has 2 aliphatic rings. The lowest BCUT2D eigenvalue weighted by molar-refractivity contribution is -0.163. The van der Waals surface area contributed by atoms with E-state index in [-0.39, 0.29) is 36.0 Å². The molecule has 11 heteroatoms. The smallest absolute Gasteiger partial charge is 0.410 e. The number of benzene rings is 2. The highest BCUT2D eigenvalue weighted by Gasteiger charge is 2.41. The molecule has 57 heavy (non-hydrogen) atoms. The fraction of sp³-hybridized carbons (Fsp3) is 0.652. The van der Waals surface area contributed by atoms with Gasteiger partial charge in [-0.05, 0) is 143 Å². The standard InChI is InChI=1S/C46H69N3O8/c1-43(2,3)54-39(50)37(35-20-22-48(29-35)41(52)56-45(7,8)9)25-31-16-15-17-32(24-31)27-47-28-34-19-14-13-18-33(34)26-38(40(51)55-44(4,5)6)36-21-23-49(30-36)42(53)57-46(10,11)12/h13-19,24,35-38,47H,20-23,25-30H2,1-12H3/t35-,36-,37-,38-/m0/s1. The summed E-state index contributed by atoms with van der Waals surface area (Å²) in [7, 11) is 0. The van der Waals surface area contributed by atoms with Crippen LogP contribution in [0.15, 0.2) is 48.5 Å². The molecule has 0 saturated carbocycles. The number of amides is 2. The highest BCUT2D eigenvalue weighted by molar-refractivity contribution is 5.75. The molecule has 2 fully saturated rings. The molecule has 0 unspecified atom stereocenters. The average Bonchev–Trinajstić information content (AvgIpc) is 3.75. The van der Waals surface area contributed by atoms with E-state index in [1.165, 1.54) is 0 Å². The summed E-state index contributed by atoms with van der Waals surface area (Å²) in [6.45, 7) is 25.5. The van der Waals surface area contributed by atoms with Gasteiger partial charge in [-0.15, -0.1) is 0 Å². The van der Waals surface area contributed by atoms with E-state index in [4.69, 9.17) is 18.9 Å². The van der Waals surface area contributed by atoms with Gasteiger partial charge in [-0.25, -0.2) is 9.59 Å². The van der Waals surface area contributed by atoms with Gasteiger partial charge in [-0.1, -0.05) is 48.5 Å². The first kappa shape index (κ1) is 45.6. The predicted molar refractivity (Wildman–Crippen MR) is 221 cm³/mol. The van der Waals surface area contributed by atoms with E-state index in [0.29, 0.717) is 65.0 Å². The summed E-state index contributed by atoms with van der Waals surface area (Å²) in [5, 5.41) is 3.60. The van der Waals surface area contributed by atoms with E-state index in [1.54, 1.807) is 9.80 Å². The minimum Gasteiger partial charge on any atom is -0.460 e. The Morgan fingerprint density at radius 1 is 0.579 bits per heavy atom. The van der Waals surface area contributed by atoms with Gasteiger partial charge < -0.3 is 34.1 Å². The SMILES string of the molecule is CC(C)(C)OC(=O)[C@@H](Cc1cccc(CNCc2ccccc2C[C@H](C(=O)OC(C)(C)C)[C@H]2CCN(C(=O)OC(C)(C)C)C2)c1)[C@H]1CCN(C(=O)OC(C)(C)C)C1. The van der Waals surface area contributed by atoms with Crippen molar-refractivity contribution in [3.05, 3.63) is 70.8 Å². The van der Waals surface area contributed by atoms with E-state index in [9.17, 15) is 19.2 Å². The number of rotatable bonds is 12. The van der Waals surface area contributed by atoms with Crippen molar-refractivity contribution in [2.45, 2.75) is 144 Å². The van der Waals surface area contributed by atoms with Crippen molar-refractivity contribution in [3.63, 3.8) is 0 Å². The summed E-state index contributed by atoms with van der Waals surface area (Å²) >= 11 is 0. The Hall–Kier alpha value is -4.12. The Kier molecular flexibility index (Phi) is 14.9. The maximum absolute atomic E-state index is 13.7. The molecule has 0 radical (unpaired) electrons. The fourth-order valence-corrected chi connectivity index (χ4v) is 7.48. The maximum Gasteiger partial charge on any atom is 0.410 e. The number of esters is 2. The average molecular weight is 792 g/mol. The van der Waals surface area contributed by atoms with Crippen molar-refractivity contribution < 1.29 is 38.1 Å². The topological polar surface area (TPSA) is 124 Å². The van der Waals surface area contributed by atoms with Crippen LogP contribution < -0.4 is 5.32 Å². The van der Waals surface area contributed by atoms with Crippen LogP contribution in [0.5, 0.6) is 0 Å². The second-order valence-corrected chi connectivity index (χ2v) is 19.8. The van der Waals surface area contributed by atoms with Gasteiger partial charge in [0.1, 0.15) is 22.4 Å². The number of hydrogen-bond acceptors (Lipinski definition) is 9. The lowest BCUT2D eigenvalue weighted by Crippen LogP contribution is -2.38. The molecular formula is C46H69N3O8. The van der Waals surface area contributed by atoms with E-state index >= 15 is 0 Å². The molecule has 4 atom stereocenters. The molecule has 316 valence electrons. The monoisotopic (exact) mass is 792 g/mol. The van der Waals surface area contributed by atoms with Gasteiger partial charge in [0.05, 0.1) is 11.8 Å². The van der Waals surface area contributed by atoms with E-state index in [1.807, 2.05) is 107 Å². The molecule has 0 bridgehead atoms. The molecule has 0 aromatic heterocycles. The molecule has 2 saturated heterocycles.